The third-order valence-corrected chi connectivity index (χ3v) is 5.03. The largest absolute Gasteiger partial charge is 0.489 e. The number of aryl methyl sites for hydroxylation is 1. The van der Waals surface area contributed by atoms with Gasteiger partial charge in [-0.1, -0.05) is 30.3 Å². The monoisotopic (exact) mass is 393 g/mol. The lowest BCUT2D eigenvalue weighted by Gasteiger charge is -2.12. The van der Waals surface area contributed by atoms with Crippen LogP contribution in [0.1, 0.15) is 24.4 Å². The second kappa shape index (κ2) is 8.45. The van der Waals surface area contributed by atoms with Crippen LogP contribution in [0.3, 0.4) is 0 Å². The average Bonchev–Trinajstić information content (AvgIpc) is 3.31. The van der Waals surface area contributed by atoms with Crippen molar-refractivity contribution in [2.24, 2.45) is 7.05 Å². The maximum atomic E-state index is 13.7. The number of nitrogens with one attached hydrogen (secondary N) is 1. The SMILES string of the molecule is C[C@H](NCc1cn(CCOc2ccccc2F)c2ccccc12)c1nncn1C. The highest BCUT2D eigenvalue weighted by molar-refractivity contribution is 5.83. The van der Waals surface area contributed by atoms with Crippen LogP contribution in [0.25, 0.3) is 10.9 Å². The molecule has 150 valence electrons. The molecule has 0 fully saturated rings. The molecule has 0 aliphatic heterocycles. The lowest BCUT2D eigenvalue weighted by atomic mass is 10.1. The van der Waals surface area contributed by atoms with Crippen molar-refractivity contribution in [3.63, 3.8) is 0 Å². The second-order valence-corrected chi connectivity index (χ2v) is 7.05. The van der Waals surface area contributed by atoms with Crippen molar-refractivity contribution < 1.29 is 9.13 Å². The number of aromatic nitrogens is 4. The van der Waals surface area contributed by atoms with Gasteiger partial charge in [-0.15, -0.1) is 10.2 Å². The second-order valence-electron chi connectivity index (χ2n) is 7.05. The Kier molecular flexibility index (Phi) is 5.57. The Hall–Kier alpha value is -3.19. The van der Waals surface area contributed by atoms with E-state index < -0.39 is 0 Å². The first-order chi connectivity index (χ1) is 14.1. The number of para-hydroxylation sites is 2. The normalized spacial score (nSPS) is 12.4. The fourth-order valence-corrected chi connectivity index (χ4v) is 3.50. The molecule has 1 atom stereocenters. The summed E-state index contributed by atoms with van der Waals surface area (Å²) >= 11 is 0. The predicted octanol–water partition coefficient (Wildman–Crippen LogP) is 3.84. The Morgan fingerprint density at radius 2 is 1.93 bits per heavy atom. The molecule has 1 N–H and O–H groups in total. The van der Waals surface area contributed by atoms with Crippen LogP contribution in [0.15, 0.2) is 61.1 Å². The lowest BCUT2D eigenvalue weighted by Crippen LogP contribution is -2.21. The third kappa shape index (κ3) is 4.14. The minimum atomic E-state index is -0.340. The molecule has 0 unspecified atom stereocenters. The Morgan fingerprint density at radius 1 is 1.14 bits per heavy atom. The molecule has 0 saturated carbocycles. The molecule has 7 heteroatoms. The topological polar surface area (TPSA) is 56.9 Å². The summed E-state index contributed by atoms with van der Waals surface area (Å²) in [6.07, 6.45) is 3.83. The van der Waals surface area contributed by atoms with E-state index in [1.165, 1.54) is 17.0 Å². The molecule has 4 rings (SSSR count). The summed E-state index contributed by atoms with van der Waals surface area (Å²) in [5.41, 5.74) is 2.33. The maximum Gasteiger partial charge on any atom is 0.165 e. The van der Waals surface area contributed by atoms with Crippen molar-refractivity contribution in [2.75, 3.05) is 6.61 Å². The Bertz CT molecular complexity index is 1100. The summed E-state index contributed by atoms with van der Waals surface area (Å²) in [6.45, 7) is 3.80. The Labute approximate surface area is 168 Å². The Morgan fingerprint density at radius 3 is 2.72 bits per heavy atom. The molecule has 2 aromatic carbocycles. The van der Waals surface area contributed by atoms with Gasteiger partial charge >= 0.3 is 0 Å². The van der Waals surface area contributed by atoms with Crippen molar-refractivity contribution in [3.05, 3.63) is 78.3 Å². The zero-order valence-corrected chi connectivity index (χ0v) is 16.5. The van der Waals surface area contributed by atoms with Crippen LogP contribution in [0.4, 0.5) is 4.39 Å². The van der Waals surface area contributed by atoms with E-state index in [1.54, 1.807) is 24.5 Å². The van der Waals surface area contributed by atoms with Crippen molar-refractivity contribution in [3.8, 4) is 5.75 Å². The molecule has 0 saturated heterocycles. The maximum absolute atomic E-state index is 13.7. The number of ether oxygens (including phenoxy) is 1. The number of rotatable bonds is 8. The summed E-state index contributed by atoms with van der Waals surface area (Å²) in [5.74, 6) is 0.836. The fraction of sp³-hybridized carbons (Fsp3) is 0.273. The molecular formula is C22H24FN5O. The van der Waals surface area contributed by atoms with Crippen molar-refractivity contribution in [1.82, 2.24) is 24.6 Å². The average molecular weight is 393 g/mol. The summed E-state index contributed by atoms with van der Waals surface area (Å²) in [4.78, 5) is 0. The van der Waals surface area contributed by atoms with Gasteiger partial charge in [-0.05, 0) is 30.7 Å². The first-order valence-electron chi connectivity index (χ1n) is 9.65. The molecule has 29 heavy (non-hydrogen) atoms. The molecule has 4 aromatic rings. The van der Waals surface area contributed by atoms with Gasteiger partial charge in [-0.3, -0.25) is 0 Å². The molecule has 0 aliphatic carbocycles. The molecule has 0 amide bonds. The van der Waals surface area contributed by atoms with E-state index in [-0.39, 0.29) is 17.6 Å². The first-order valence-corrected chi connectivity index (χ1v) is 9.65. The minimum absolute atomic E-state index is 0.0778. The van der Waals surface area contributed by atoms with Gasteiger partial charge in [0.2, 0.25) is 0 Å². The Balaban J connectivity index is 1.46. The van der Waals surface area contributed by atoms with E-state index in [2.05, 4.69) is 45.3 Å². The van der Waals surface area contributed by atoms with E-state index in [1.807, 2.05) is 23.7 Å². The van der Waals surface area contributed by atoms with E-state index in [0.29, 0.717) is 19.7 Å². The lowest BCUT2D eigenvalue weighted by molar-refractivity contribution is 0.286. The molecular weight excluding hydrogens is 369 g/mol. The minimum Gasteiger partial charge on any atom is -0.489 e. The number of benzene rings is 2. The molecule has 0 radical (unpaired) electrons. The highest BCUT2D eigenvalue weighted by atomic mass is 19.1. The highest BCUT2D eigenvalue weighted by Gasteiger charge is 2.13. The van der Waals surface area contributed by atoms with Crippen LogP contribution in [-0.4, -0.2) is 25.9 Å². The standard InChI is InChI=1S/C22H24FN5O/c1-16(22-26-25-15-27(22)2)24-13-17-14-28(20-9-5-3-7-18(17)20)11-12-29-21-10-6-4-8-19(21)23/h3-10,14-16,24H,11-13H2,1-2H3/t16-/m0/s1. The molecule has 0 spiro atoms. The van der Waals surface area contributed by atoms with Crippen LogP contribution in [-0.2, 0) is 20.1 Å². The van der Waals surface area contributed by atoms with E-state index >= 15 is 0 Å². The van der Waals surface area contributed by atoms with E-state index in [9.17, 15) is 4.39 Å². The number of hydrogen-bond donors (Lipinski definition) is 1. The molecule has 6 nitrogen and oxygen atoms in total. The zero-order chi connectivity index (χ0) is 20.2. The van der Waals surface area contributed by atoms with Crippen molar-refractivity contribution in [2.45, 2.75) is 26.1 Å². The highest BCUT2D eigenvalue weighted by Crippen LogP contribution is 2.23. The van der Waals surface area contributed by atoms with Crippen LogP contribution in [0.2, 0.25) is 0 Å². The number of nitrogens with zero attached hydrogens (tertiary/aromatic N) is 4. The van der Waals surface area contributed by atoms with Crippen LogP contribution in [0.5, 0.6) is 5.75 Å². The van der Waals surface area contributed by atoms with Gasteiger partial charge in [0.15, 0.2) is 11.6 Å². The van der Waals surface area contributed by atoms with Crippen LogP contribution >= 0.6 is 0 Å². The van der Waals surface area contributed by atoms with Gasteiger partial charge in [-0.25, -0.2) is 4.39 Å². The molecule has 2 aromatic heterocycles. The number of halogens is 1. The summed E-state index contributed by atoms with van der Waals surface area (Å²) in [7, 11) is 1.94. The zero-order valence-electron chi connectivity index (χ0n) is 16.5. The predicted molar refractivity (Wildman–Crippen MR) is 110 cm³/mol. The molecule has 2 heterocycles. The number of hydrogen-bond acceptors (Lipinski definition) is 4. The van der Waals surface area contributed by atoms with Crippen LogP contribution < -0.4 is 10.1 Å². The van der Waals surface area contributed by atoms with Gasteiger partial charge in [0.25, 0.3) is 0 Å². The van der Waals surface area contributed by atoms with E-state index in [0.717, 1.165) is 11.3 Å². The van der Waals surface area contributed by atoms with Gasteiger partial charge in [-0.2, -0.15) is 0 Å². The van der Waals surface area contributed by atoms with Gasteiger partial charge < -0.3 is 19.2 Å². The molecule has 0 bridgehead atoms. The quantitative estimate of drug-likeness (QED) is 0.494. The third-order valence-electron chi connectivity index (χ3n) is 5.03. The summed E-state index contributed by atoms with van der Waals surface area (Å²) in [6, 6.07) is 14.8. The summed E-state index contributed by atoms with van der Waals surface area (Å²) < 4.78 is 23.4. The van der Waals surface area contributed by atoms with Crippen molar-refractivity contribution >= 4 is 10.9 Å². The summed E-state index contributed by atoms with van der Waals surface area (Å²) in [5, 5.41) is 12.8. The van der Waals surface area contributed by atoms with Gasteiger partial charge in [0.05, 0.1) is 12.6 Å². The van der Waals surface area contributed by atoms with Crippen molar-refractivity contribution in [1.29, 1.82) is 0 Å². The van der Waals surface area contributed by atoms with Gasteiger partial charge in [0, 0.05) is 30.7 Å². The fourth-order valence-electron chi connectivity index (χ4n) is 3.50. The first kappa shape index (κ1) is 19.1. The smallest absolute Gasteiger partial charge is 0.165 e. The number of fused-ring (bicyclic) bond motifs is 1. The van der Waals surface area contributed by atoms with Gasteiger partial charge in [0.1, 0.15) is 18.8 Å². The molecule has 0 aliphatic rings. The van der Waals surface area contributed by atoms with E-state index in [4.69, 9.17) is 4.74 Å². The van der Waals surface area contributed by atoms with Crippen LogP contribution in [0, 0.1) is 5.82 Å².